The Balaban J connectivity index is 1.22. The molecule has 7 heteroatoms. The molecule has 3 aromatic heterocycles. The fourth-order valence-corrected chi connectivity index (χ4v) is 3.70. The lowest BCUT2D eigenvalue weighted by molar-refractivity contribution is 0.0706. The molecule has 29 heavy (non-hydrogen) atoms. The van der Waals surface area contributed by atoms with Crippen molar-refractivity contribution in [2.45, 2.75) is 18.8 Å². The molecule has 0 radical (unpaired) electrons. The van der Waals surface area contributed by atoms with Crippen LogP contribution in [0.25, 0.3) is 17.1 Å². The second-order valence-electron chi connectivity index (χ2n) is 7.16. The zero-order valence-corrected chi connectivity index (χ0v) is 15.8. The second-order valence-corrected chi connectivity index (χ2v) is 7.16. The number of amides is 1. The SMILES string of the molecule is O=C(c1ccc(-n2cccc2)cc1)N1CCC(c2nnc(-c3ccoc3)o2)CC1. The number of likely N-dealkylation sites (tertiary alicyclic amines) is 1. The first-order chi connectivity index (χ1) is 14.3. The van der Waals surface area contributed by atoms with Gasteiger partial charge in [-0.15, -0.1) is 10.2 Å². The van der Waals surface area contributed by atoms with Gasteiger partial charge in [-0.1, -0.05) is 0 Å². The maximum atomic E-state index is 12.9. The highest BCUT2D eigenvalue weighted by Crippen LogP contribution is 2.30. The van der Waals surface area contributed by atoms with Crippen LogP contribution in [0.2, 0.25) is 0 Å². The summed E-state index contributed by atoms with van der Waals surface area (Å²) >= 11 is 0. The van der Waals surface area contributed by atoms with Gasteiger partial charge in [-0.2, -0.15) is 0 Å². The molecule has 4 aromatic rings. The van der Waals surface area contributed by atoms with Gasteiger partial charge in [0.15, 0.2) is 0 Å². The van der Waals surface area contributed by atoms with E-state index >= 15 is 0 Å². The lowest BCUT2D eigenvalue weighted by Gasteiger charge is -2.30. The molecule has 1 aliphatic rings. The Bertz CT molecular complexity index is 1070. The predicted molar refractivity (Wildman–Crippen MR) is 106 cm³/mol. The van der Waals surface area contributed by atoms with Gasteiger partial charge in [0.2, 0.25) is 5.89 Å². The zero-order chi connectivity index (χ0) is 19.6. The third kappa shape index (κ3) is 3.47. The molecule has 0 atom stereocenters. The normalized spacial score (nSPS) is 15.0. The Morgan fingerprint density at radius 3 is 2.45 bits per heavy atom. The summed E-state index contributed by atoms with van der Waals surface area (Å²) in [5.41, 5.74) is 2.52. The smallest absolute Gasteiger partial charge is 0.253 e. The first-order valence-corrected chi connectivity index (χ1v) is 9.66. The molecule has 0 N–H and O–H groups in total. The summed E-state index contributed by atoms with van der Waals surface area (Å²) in [5, 5.41) is 8.30. The number of carbonyl (C=O) groups excluding carboxylic acids is 1. The summed E-state index contributed by atoms with van der Waals surface area (Å²) in [6.45, 7) is 1.35. The Kier molecular flexibility index (Phi) is 4.48. The molecule has 1 aliphatic heterocycles. The van der Waals surface area contributed by atoms with Crippen molar-refractivity contribution in [2.75, 3.05) is 13.1 Å². The molecule has 1 aromatic carbocycles. The van der Waals surface area contributed by atoms with Crippen LogP contribution >= 0.6 is 0 Å². The molecular weight excluding hydrogens is 368 g/mol. The molecule has 0 saturated carbocycles. The quantitative estimate of drug-likeness (QED) is 0.525. The van der Waals surface area contributed by atoms with E-state index in [2.05, 4.69) is 10.2 Å². The average molecular weight is 388 g/mol. The van der Waals surface area contributed by atoms with Crippen molar-refractivity contribution >= 4 is 5.91 Å². The van der Waals surface area contributed by atoms with Crippen LogP contribution in [0.15, 0.2) is 76.2 Å². The molecular formula is C22H20N4O3. The van der Waals surface area contributed by atoms with Crippen LogP contribution < -0.4 is 0 Å². The van der Waals surface area contributed by atoms with Crippen LogP contribution in [-0.4, -0.2) is 38.7 Å². The first-order valence-electron chi connectivity index (χ1n) is 9.66. The van der Waals surface area contributed by atoms with Crippen molar-refractivity contribution in [3.8, 4) is 17.1 Å². The van der Waals surface area contributed by atoms with E-state index < -0.39 is 0 Å². The average Bonchev–Trinajstić information content (AvgIpc) is 3.55. The van der Waals surface area contributed by atoms with Crippen molar-refractivity contribution in [1.29, 1.82) is 0 Å². The fourth-order valence-electron chi connectivity index (χ4n) is 3.70. The number of carbonyl (C=O) groups is 1. The van der Waals surface area contributed by atoms with Gasteiger partial charge in [-0.05, 0) is 55.3 Å². The fraction of sp³-hybridized carbons (Fsp3) is 0.227. The van der Waals surface area contributed by atoms with Gasteiger partial charge in [0.05, 0.1) is 11.8 Å². The topological polar surface area (TPSA) is 77.3 Å². The summed E-state index contributed by atoms with van der Waals surface area (Å²) in [5.74, 6) is 1.33. The summed E-state index contributed by atoms with van der Waals surface area (Å²) in [7, 11) is 0. The van der Waals surface area contributed by atoms with Crippen LogP contribution in [0.4, 0.5) is 0 Å². The molecule has 146 valence electrons. The van der Waals surface area contributed by atoms with Crippen molar-refractivity contribution in [3.63, 3.8) is 0 Å². The minimum Gasteiger partial charge on any atom is -0.472 e. The molecule has 0 spiro atoms. The molecule has 0 aliphatic carbocycles. The third-order valence-corrected chi connectivity index (χ3v) is 5.36. The molecule has 0 bridgehead atoms. The van der Waals surface area contributed by atoms with Crippen LogP contribution in [0.5, 0.6) is 0 Å². The largest absolute Gasteiger partial charge is 0.472 e. The van der Waals surface area contributed by atoms with E-state index in [9.17, 15) is 4.79 Å². The van der Waals surface area contributed by atoms with E-state index in [1.54, 1.807) is 18.6 Å². The highest BCUT2D eigenvalue weighted by atomic mass is 16.4. The van der Waals surface area contributed by atoms with E-state index in [1.165, 1.54) is 0 Å². The number of benzene rings is 1. The predicted octanol–water partition coefficient (Wildman–Crippen LogP) is 4.14. The molecule has 1 amide bonds. The summed E-state index contributed by atoms with van der Waals surface area (Å²) in [4.78, 5) is 14.8. The van der Waals surface area contributed by atoms with Gasteiger partial charge < -0.3 is 18.3 Å². The van der Waals surface area contributed by atoms with Crippen molar-refractivity contribution in [3.05, 3.63) is 78.8 Å². The Labute approximate surface area is 167 Å². The number of rotatable bonds is 4. The minimum atomic E-state index is 0.0621. The minimum absolute atomic E-state index is 0.0621. The van der Waals surface area contributed by atoms with E-state index in [4.69, 9.17) is 8.83 Å². The molecule has 1 saturated heterocycles. The number of furan rings is 1. The van der Waals surface area contributed by atoms with Gasteiger partial charge in [-0.25, -0.2) is 0 Å². The number of nitrogens with zero attached hydrogens (tertiary/aromatic N) is 4. The second kappa shape index (κ2) is 7.43. The summed E-state index contributed by atoms with van der Waals surface area (Å²) in [6, 6.07) is 13.5. The van der Waals surface area contributed by atoms with Crippen LogP contribution in [0.3, 0.4) is 0 Å². The number of aromatic nitrogens is 3. The van der Waals surface area contributed by atoms with Gasteiger partial charge in [0.25, 0.3) is 11.8 Å². The van der Waals surface area contributed by atoms with Crippen molar-refractivity contribution in [1.82, 2.24) is 19.7 Å². The third-order valence-electron chi connectivity index (χ3n) is 5.36. The maximum Gasteiger partial charge on any atom is 0.253 e. The van der Waals surface area contributed by atoms with E-state index in [0.29, 0.717) is 30.4 Å². The first kappa shape index (κ1) is 17.5. The summed E-state index contributed by atoms with van der Waals surface area (Å²) < 4.78 is 12.9. The Morgan fingerprint density at radius 1 is 1.00 bits per heavy atom. The van der Waals surface area contributed by atoms with Gasteiger partial charge in [-0.3, -0.25) is 4.79 Å². The molecule has 5 rings (SSSR count). The number of hydrogen-bond donors (Lipinski definition) is 0. The molecule has 0 unspecified atom stereocenters. The molecule has 7 nitrogen and oxygen atoms in total. The maximum absolute atomic E-state index is 12.9. The Hall–Kier alpha value is -3.61. The van der Waals surface area contributed by atoms with E-state index in [-0.39, 0.29) is 11.8 Å². The summed E-state index contributed by atoms with van der Waals surface area (Å²) in [6.07, 6.45) is 8.74. The molecule has 4 heterocycles. The lowest BCUT2D eigenvalue weighted by Crippen LogP contribution is -2.38. The monoisotopic (exact) mass is 388 g/mol. The van der Waals surface area contributed by atoms with Crippen LogP contribution in [0, 0.1) is 0 Å². The lowest BCUT2D eigenvalue weighted by atomic mass is 9.96. The van der Waals surface area contributed by atoms with Gasteiger partial charge in [0, 0.05) is 42.7 Å². The van der Waals surface area contributed by atoms with Crippen LogP contribution in [-0.2, 0) is 0 Å². The van der Waals surface area contributed by atoms with E-state index in [1.807, 2.05) is 58.3 Å². The van der Waals surface area contributed by atoms with Crippen LogP contribution in [0.1, 0.15) is 35.0 Å². The van der Waals surface area contributed by atoms with Gasteiger partial charge in [0.1, 0.15) is 6.26 Å². The van der Waals surface area contributed by atoms with E-state index in [0.717, 1.165) is 24.1 Å². The van der Waals surface area contributed by atoms with Gasteiger partial charge >= 0.3 is 0 Å². The van der Waals surface area contributed by atoms with Crippen molar-refractivity contribution < 1.29 is 13.6 Å². The standard InChI is InChI=1S/C22H20N4O3/c27-22(17-3-5-19(6-4-17)25-10-1-2-11-25)26-12-7-16(8-13-26)20-23-24-21(29-20)18-9-14-28-15-18/h1-6,9-11,14-16H,7-8,12-13H2. The Morgan fingerprint density at radius 2 is 1.76 bits per heavy atom. The number of piperidine rings is 1. The zero-order valence-electron chi connectivity index (χ0n) is 15.8. The highest BCUT2D eigenvalue weighted by Gasteiger charge is 2.28. The molecule has 1 fully saturated rings. The number of hydrogen-bond acceptors (Lipinski definition) is 5. The van der Waals surface area contributed by atoms with Crippen molar-refractivity contribution in [2.24, 2.45) is 0 Å². The highest BCUT2D eigenvalue weighted by molar-refractivity contribution is 5.94.